The third-order valence-corrected chi connectivity index (χ3v) is 2.42. The summed E-state index contributed by atoms with van der Waals surface area (Å²) >= 11 is 5.72. The van der Waals surface area contributed by atoms with Gasteiger partial charge in [0.15, 0.2) is 0 Å². The Morgan fingerprint density at radius 1 is 1.62 bits per heavy atom. The number of aromatic nitrogens is 2. The molecule has 0 aliphatic heterocycles. The molecule has 6 heteroatoms. The number of nitrogens with two attached hydrogens (primary N) is 1. The fourth-order valence-electron chi connectivity index (χ4n) is 1.18. The summed E-state index contributed by atoms with van der Waals surface area (Å²) in [5, 5.41) is 3.88. The zero-order chi connectivity index (χ0) is 9.64. The largest absolute Gasteiger partial charge is 0.333 e. The summed E-state index contributed by atoms with van der Waals surface area (Å²) in [5.74, 6) is 0. The van der Waals surface area contributed by atoms with Crippen LogP contribution in [0.2, 0.25) is 5.02 Å². The van der Waals surface area contributed by atoms with Crippen LogP contribution in [-0.4, -0.2) is 9.78 Å². The van der Waals surface area contributed by atoms with Crippen LogP contribution in [0, 0.1) is 0 Å². The Labute approximate surface area is 78.5 Å². The van der Waals surface area contributed by atoms with Crippen molar-refractivity contribution < 1.29 is 8.78 Å². The predicted molar refractivity (Wildman–Crippen MR) is 43.6 cm³/mol. The van der Waals surface area contributed by atoms with Crippen LogP contribution in [0.1, 0.15) is 25.1 Å². The summed E-state index contributed by atoms with van der Waals surface area (Å²) in [7, 11) is 0. The van der Waals surface area contributed by atoms with E-state index in [9.17, 15) is 8.78 Å². The maximum absolute atomic E-state index is 12.2. The molecule has 13 heavy (non-hydrogen) atoms. The van der Waals surface area contributed by atoms with Crippen LogP contribution in [0.15, 0.2) is 6.20 Å². The van der Waals surface area contributed by atoms with Crippen LogP contribution >= 0.6 is 11.6 Å². The molecule has 0 bridgehead atoms. The lowest BCUT2D eigenvalue weighted by Gasteiger charge is -2.03. The third-order valence-electron chi connectivity index (χ3n) is 2.15. The molecule has 0 amide bonds. The van der Waals surface area contributed by atoms with E-state index >= 15 is 0 Å². The molecule has 1 aliphatic carbocycles. The molecule has 0 unspecified atom stereocenters. The minimum atomic E-state index is -2.66. The van der Waals surface area contributed by atoms with Crippen LogP contribution in [0.25, 0.3) is 0 Å². The van der Waals surface area contributed by atoms with Crippen LogP contribution in [0.3, 0.4) is 0 Å². The van der Waals surface area contributed by atoms with E-state index in [4.69, 9.17) is 17.3 Å². The molecule has 0 atom stereocenters. The van der Waals surface area contributed by atoms with Gasteiger partial charge in [-0.3, -0.25) is 0 Å². The number of alkyl halides is 2. The molecule has 0 radical (unpaired) electrons. The quantitative estimate of drug-likeness (QED) is 0.805. The van der Waals surface area contributed by atoms with Crippen molar-refractivity contribution in [3.63, 3.8) is 0 Å². The molecule has 0 spiro atoms. The van der Waals surface area contributed by atoms with Gasteiger partial charge in [-0.05, 0) is 12.8 Å². The highest BCUT2D eigenvalue weighted by Crippen LogP contribution is 2.44. The lowest BCUT2D eigenvalue weighted by atomic mass is 10.2. The maximum atomic E-state index is 12.2. The summed E-state index contributed by atoms with van der Waals surface area (Å²) < 4.78 is 24.9. The molecule has 1 aromatic rings. The Balaban J connectivity index is 2.36. The topological polar surface area (TPSA) is 43.8 Å². The fourth-order valence-corrected chi connectivity index (χ4v) is 1.50. The predicted octanol–water partition coefficient (Wildman–Crippen LogP) is 1.88. The zero-order valence-corrected chi connectivity index (χ0v) is 7.43. The first-order chi connectivity index (χ1) is 6.03. The molecule has 1 saturated carbocycles. The van der Waals surface area contributed by atoms with Crippen molar-refractivity contribution in [3.8, 4) is 0 Å². The van der Waals surface area contributed by atoms with E-state index in [-0.39, 0.29) is 5.02 Å². The smallest absolute Gasteiger partial charge is 0.320 e. The highest BCUT2D eigenvalue weighted by molar-refractivity contribution is 6.31. The lowest BCUT2D eigenvalue weighted by molar-refractivity contribution is 0.0560. The minimum Gasteiger partial charge on any atom is -0.320 e. The average Bonchev–Trinajstić information content (AvgIpc) is 2.63. The van der Waals surface area contributed by atoms with E-state index in [1.807, 2.05) is 0 Å². The number of rotatable bonds is 2. The fraction of sp³-hybridized carbons (Fsp3) is 0.571. The van der Waals surface area contributed by atoms with Gasteiger partial charge in [0.25, 0.3) is 0 Å². The van der Waals surface area contributed by atoms with Gasteiger partial charge in [-0.1, -0.05) is 11.6 Å². The summed E-state index contributed by atoms with van der Waals surface area (Å²) in [6, 6.07) is 0. The van der Waals surface area contributed by atoms with Gasteiger partial charge >= 0.3 is 6.55 Å². The van der Waals surface area contributed by atoms with Gasteiger partial charge in [0.05, 0.1) is 10.6 Å². The van der Waals surface area contributed by atoms with Crippen molar-refractivity contribution in [1.82, 2.24) is 9.78 Å². The lowest BCUT2D eigenvalue weighted by Crippen LogP contribution is -2.20. The summed E-state index contributed by atoms with van der Waals surface area (Å²) in [5.41, 5.74) is 5.60. The Bertz CT molecular complexity index is 332. The van der Waals surface area contributed by atoms with Gasteiger partial charge in [0.2, 0.25) is 0 Å². The number of halogens is 3. The van der Waals surface area contributed by atoms with Crippen molar-refractivity contribution in [2.75, 3.05) is 0 Å². The van der Waals surface area contributed by atoms with E-state index in [2.05, 4.69) is 5.10 Å². The zero-order valence-electron chi connectivity index (χ0n) is 6.67. The summed E-state index contributed by atoms with van der Waals surface area (Å²) in [6.07, 6.45) is 2.62. The third kappa shape index (κ3) is 1.42. The average molecular weight is 208 g/mol. The molecule has 1 aliphatic rings. The number of hydrogen-bond acceptors (Lipinski definition) is 2. The highest BCUT2D eigenvalue weighted by Gasteiger charge is 2.44. The van der Waals surface area contributed by atoms with Crippen molar-refractivity contribution in [3.05, 3.63) is 16.9 Å². The standard InChI is InChI=1S/C7H8ClF2N3/c8-4-3-13(6(9)10)12-5(4)7(11)1-2-7/h3,6H,1-2,11H2. The molecule has 72 valence electrons. The van der Waals surface area contributed by atoms with Crippen molar-refractivity contribution >= 4 is 11.6 Å². The molecule has 1 aromatic heterocycles. The minimum absolute atomic E-state index is 0.223. The normalized spacial score (nSPS) is 19.5. The monoisotopic (exact) mass is 207 g/mol. The summed E-state index contributed by atoms with van der Waals surface area (Å²) in [4.78, 5) is 0. The second-order valence-electron chi connectivity index (χ2n) is 3.24. The Hall–Kier alpha value is -0.680. The van der Waals surface area contributed by atoms with Gasteiger partial charge < -0.3 is 5.73 Å². The first-order valence-corrected chi connectivity index (χ1v) is 4.23. The molecule has 2 rings (SSSR count). The molecule has 3 nitrogen and oxygen atoms in total. The first-order valence-electron chi connectivity index (χ1n) is 3.85. The highest BCUT2D eigenvalue weighted by atomic mass is 35.5. The van der Waals surface area contributed by atoms with Gasteiger partial charge in [-0.15, -0.1) is 0 Å². The Morgan fingerprint density at radius 3 is 2.62 bits per heavy atom. The van der Waals surface area contributed by atoms with E-state index in [0.29, 0.717) is 10.4 Å². The molecule has 2 N–H and O–H groups in total. The molecule has 1 fully saturated rings. The van der Waals surface area contributed by atoms with Gasteiger partial charge in [0.1, 0.15) is 5.69 Å². The maximum Gasteiger partial charge on any atom is 0.333 e. The number of hydrogen-bond donors (Lipinski definition) is 1. The van der Waals surface area contributed by atoms with Gasteiger partial charge in [-0.25, -0.2) is 4.68 Å². The van der Waals surface area contributed by atoms with Crippen LogP contribution in [0.4, 0.5) is 8.78 Å². The Morgan fingerprint density at radius 2 is 2.23 bits per heavy atom. The van der Waals surface area contributed by atoms with E-state index in [1.54, 1.807) is 0 Å². The molecular formula is C7H8ClF2N3. The number of nitrogens with zero attached hydrogens (tertiary/aromatic N) is 2. The SMILES string of the molecule is NC1(c2nn(C(F)F)cc2Cl)CC1. The molecule has 0 saturated heterocycles. The van der Waals surface area contributed by atoms with E-state index < -0.39 is 12.1 Å². The van der Waals surface area contributed by atoms with Crippen molar-refractivity contribution in [1.29, 1.82) is 0 Å². The van der Waals surface area contributed by atoms with Crippen LogP contribution < -0.4 is 5.73 Å². The van der Waals surface area contributed by atoms with Crippen LogP contribution in [0.5, 0.6) is 0 Å². The van der Waals surface area contributed by atoms with Crippen molar-refractivity contribution in [2.24, 2.45) is 5.73 Å². The second kappa shape index (κ2) is 2.65. The van der Waals surface area contributed by atoms with Gasteiger partial charge in [-0.2, -0.15) is 13.9 Å². The second-order valence-corrected chi connectivity index (χ2v) is 3.65. The van der Waals surface area contributed by atoms with Crippen molar-refractivity contribution in [2.45, 2.75) is 24.9 Å². The van der Waals surface area contributed by atoms with E-state index in [0.717, 1.165) is 19.0 Å². The molecule has 1 heterocycles. The van der Waals surface area contributed by atoms with E-state index in [1.165, 1.54) is 0 Å². The van der Waals surface area contributed by atoms with Crippen LogP contribution in [-0.2, 0) is 5.54 Å². The molecule has 0 aromatic carbocycles. The Kier molecular flexibility index (Phi) is 1.82. The summed E-state index contributed by atoms with van der Waals surface area (Å²) in [6.45, 7) is -2.66. The molecular weight excluding hydrogens is 200 g/mol. The van der Waals surface area contributed by atoms with Gasteiger partial charge in [0, 0.05) is 6.20 Å². The first kappa shape index (κ1) is 8.90.